The largest absolute Gasteiger partial charge is 0.478 e. The SMILES string of the molecule is CC(=CC(C)(C#N)C#N)C(=O)O. The van der Waals surface area contributed by atoms with E-state index in [0.717, 1.165) is 6.08 Å². The number of allylic oxidation sites excluding steroid dienone is 1. The predicted molar refractivity (Wildman–Crippen MR) is 40.7 cm³/mol. The van der Waals surface area contributed by atoms with Crippen molar-refractivity contribution in [1.29, 1.82) is 10.5 Å². The topological polar surface area (TPSA) is 84.9 Å². The Morgan fingerprint density at radius 1 is 1.50 bits per heavy atom. The van der Waals surface area contributed by atoms with E-state index < -0.39 is 11.4 Å². The molecule has 0 aliphatic rings. The molecule has 1 N–H and O–H groups in total. The number of rotatable bonds is 2. The van der Waals surface area contributed by atoms with E-state index in [4.69, 9.17) is 15.6 Å². The maximum absolute atomic E-state index is 10.3. The predicted octanol–water partition coefficient (Wildman–Crippen LogP) is 1.07. The minimum Gasteiger partial charge on any atom is -0.478 e. The van der Waals surface area contributed by atoms with Gasteiger partial charge in [-0.3, -0.25) is 0 Å². The molecule has 0 saturated heterocycles. The summed E-state index contributed by atoms with van der Waals surface area (Å²) in [4.78, 5) is 10.3. The van der Waals surface area contributed by atoms with Crippen molar-refractivity contribution in [3.05, 3.63) is 11.6 Å². The van der Waals surface area contributed by atoms with Crippen LogP contribution in [-0.4, -0.2) is 11.1 Å². The molecule has 0 bridgehead atoms. The fourth-order valence-electron chi connectivity index (χ4n) is 0.584. The Labute approximate surface area is 70.3 Å². The number of hydrogen-bond acceptors (Lipinski definition) is 3. The molecule has 0 aromatic rings. The smallest absolute Gasteiger partial charge is 0.331 e. The maximum Gasteiger partial charge on any atom is 0.331 e. The summed E-state index contributed by atoms with van der Waals surface area (Å²) in [5, 5.41) is 25.5. The lowest BCUT2D eigenvalue weighted by Gasteiger charge is -2.05. The van der Waals surface area contributed by atoms with E-state index in [-0.39, 0.29) is 5.57 Å². The van der Waals surface area contributed by atoms with E-state index in [0.29, 0.717) is 0 Å². The van der Waals surface area contributed by atoms with Gasteiger partial charge in [-0.25, -0.2) is 4.79 Å². The van der Waals surface area contributed by atoms with E-state index in [1.54, 1.807) is 12.1 Å². The summed E-state index contributed by atoms with van der Waals surface area (Å²) in [6.45, 7) is 2.70. The zero-order valence-corrected chi connectivity index (χ0v) is 6.83. The summed E-state index contributed by atoms with van der Waals surface area (Å²) in [6.07, 6.45) is 1.13. The molecule has 0 fully saturated rings. The van der Waals surface area contributed by atoms with Crippen molar-refractivity contribution in [2.45, 2.75) is 13.8 Å². The second-order valence-electron chi connectivity index (χ2n) is 2.56. The van der Waals surface area contributed by atoms with Crippen molar-refractivity contribution in [2.75, 3.05) is 0 Å². The minimum atomic E-state index is -1.34. The van der Waals surface area contributed by atoms with Crippen molar-refractivity contribution >= 4 is 5.97 Å². The molecule has 0 saturated carbocycles. The fraction of sp³-hybridized carbons (Fsp3) is 0.375. The van der Waals surface area contributed by atoms with Crippen molar-refractivity contribution in [1.82, 2.24) is 0 Å². The van der Waals surface area contributed by atoms with Gasteiger partial charge < -0.3 is 5.11 Å². The average molecular weight is 164 g/mol. The van der Waals surface area contributed by atoms with Crippen LogP contribution >= 0.6 is 0 Å². The van der Waals surface area contributed by atoms with E-state index in [2.05, 4.69) is 0 Å². The van der Waals surface area contributed by atoms with Crippen LogP contribution in [0.25, 0.3) is 0 Å². The number of nitriles is 2. The summed E-state index contributed by atoms with van der Waals surface area (Å²) in [5.74, 6) is -1.12. The van der Waals surface area contributed by atoms with Gasteiger partial charge in [-0.15, -0.1) is 0 Å². The maximum atomic E-state index is 10.3. The standard InChI is InChI=1S/C8H8N2O2/c1-6(7(11)12)3-8(2,4-9)5-10/h3H,1-2H3,(H,11,12). The highest BCUT2D eigenvalue weighted by Gasteiger charge is 2.21. The van der Waals surface area contributed by atoms with Gasteiger partial charge in [-0.2, -0.15) is 10.5 Å². The molecule has 0 aromatic heterocycles. The zero-order valence-electron chi connectivity index (χ0n) is 6.83. The van der Waals surface area contributed by atoms with E-state index >= 15 is 0 Å². The molecule has 12 heavy (non-hydrogen) atoms. The monoisotopic (exact) mass is 164 g/mol. The fourth-order valence-corrected chi connectivity index (χ4v) is 0.584. The first kappa shape index (κ1) is 10.2. The van der Waals surface area contributed by atoms with Gasteiger partial charge in [-0.1, -0.05) is 0 Å². The lowest BCUT2D eigenvalue weighted by atomic mass is 9.92. The lowest BCUT2D eigenvalue weighted by Crippen LogP contribution is -2.09. The highest BCUT2D eigenvalue weighted by atomic mass is 16.4. The summed E-state index contributed by atoms with van der Waals surface area (Å²) >= 11 is 0. The van der Waals surface area contributed by atoms with Gasteiger partial charge in [0.15, 0.2) is 5.41 Å². The van der Waals surface area contributed by atoms with Crippen LogP contribution in [0, 0.1) is 28.1 Å². The molecule has 62 valence electrons. The molecule has 0 amide bonds. The van der Waals surface area contributed by atoms with Crippen LogP contribution in [0.1, 0.15) is 13.8 Å². The molecular formula is C8H8N2O2. The first-order chi connectivity index (χ1) is 5.45. The lowest BCUT2D eigenvalue weighted by molar-refractivity contribution is -0.132. The molecular weight excluding hydrogens is 156 g/mol. The van der Waals surface area contributed by atoms with E-state index in [1.807, 2.05) is 0 Å². The van der Waals surface area contributed by atoms with Crippen LogP contribution in [0.3, 0.4) is 0 Å². The number of nitrogens with zero attached hydrogens (tertiary/aromatic N) is 2. The second kappa shape index (κ2) is 3.54. The van der Waals surface area contributed by atoms with Crippen molar-refractivity contribution < 1.29 is 9.90 Å². The first-order valence-electron chi connectivity index (χ1n) is 3.20. The average Bonchev–Trinajstić information content (AvgIpc) is 2.04. The molecule has 0 spiro atoms. The van der Waals surface area contributed by atoms with E-state index in [9.17, 15) is 4.79 Å². The third-order valence-corrected chi connectivity index (χ3v) is 1.31. The summed E-state index contributed by atoms with van der Waals surface area (Å²) in [6, 6.07) is 3.43. The Balaban J connectivity index is 4.89. The molecule has 4 heteroatoms. The van der Waals surface area contributed by atoms with Gasteiger partial charge in [-0.05, 0) is 19.9 Å². The van der Waals surface area contributed by atoms with Crippen LogP contribution in [-0.2, 0) is 4.79 Å². The number of carboxylic acid groups (broad SMARTS) is 1. The third kappa shape index (κ3) is 2.43. The van der Waals surface area contributed by atoms with Gasteiger partial charge in [0.1, 0.15) is 0 Å². The summed E-state index contributed by atoms with van der Waals surface area (Å²) < 4.78 is 0. The molecule has 0 unspecified atom stereocenters. The molecule has 0 aliphatic carbocycles. The molecule has 0 atom stereocenters. The van der Waals surface area contributed by atoms with Crippen molar-refractivity contribution in [3.8, 4) is 12.1 Å². The van der Waals surface area contributed by atoms with Crippen LogP contribution in [0.15, 0.2) is 11.6 Å². The van der Waals surface area contributed by atoms with Crippen LogP contribution in [0.2, 0.25) is 0 Å². The van der Waals surface area contributed by atoms with Gasteiger partial charge in [0.2, 0.25) is 0 Å². The molecule has 4 nitrogen and oxygen atoms in total. The Bertz CT molecular complexity index is 290. The summed E-state index contributed by atoms with van der Waals surface area (Å²) in [7, 11) is 0. The normalized spacial score (nSPS) is 11.5. The van der Waals surface area contributed by atoms with E-state index in [1.165, 1.54) is 13.8 Å². The molecule has 0 rings (SSSR count). The van der Waals surface area contributed by atoms with Crippen LogP contribution in [0.5, 0.6) is 0 Å². The number of hydrogen-bond donors (Lipinski definition) is 1. The highest BCUT2D eigenvalue weighted by molar-refractivity contribution is 5.86. The minimum absolute atomic E-state index is 0.000556. The van der Waals surface area contributed by atoms with Gasteiger partial charge in [0.05, 0.1) is 12.1 Å². The first-order valence-corrected chi connectivity index (χ1v) is 3.20. The van der Waals surface area contributed by atoms with Gasteiger partial charge >= 0.3 is 5.97 Å². The Kier molecular flexibility index (Phi) is 3.01. The van der Waals surface area contributed by atoms with Crippen molar-refractivity contribution in [2.24, 2.45) is 5.41 Å². The molecule has 0 heterocycles. The van der Waals surface area contributed by atoms with Crippen LogP contribution in [0.4, 0.5) is 0 Å². The summed E-state index contributed by atoms with van der Waals surface area (Å²) in [5.41, 5.74) is -1.34. The quantitative estimate of drug-likeness (QED) is 0.618. The zero-order chi connectivity index (χ0) is 9.78. The molecule has 0 aromatic carbocycles. The van der Waals surface area contributed by atoms with Gasteiger partial charge in [0.25, 0.3) is 0 Å². The number of carboxylic acids is 1. The Morgan fingerprint density at radius 2 is 1.92 bits per heavy atom. The molecule has 0 radical (unpaired) electrons. The molecule has 0 aliphatic heterocycles. The Morgan fingerprint density at radius 3 is 2.17 bits per heavy atom. The van der Waals surface area contributed by atoms with Crippen molar-refractivity contribution in [3.63, 3.8) is 0 Å². The highest BCUT2D eigenvalue weighted by Crippen LogP contribution is 2.17. The second-order valence-corrected chi connectivity index (χ2v) is 2.56. The van der Waals surface area contributed by atoms with Crippen LogP contribution < -0.4 is 0 Å². The Hall–Kier alpha value is -1.81. The number of aliphatic carboxylic acids is 1. The van der Waals surface area contributed by atoms with Gasteiger partial charge in [0, 0.05) is 5.57 Å². The number of carbonyl (C=O) groups is 1. The third-order valence-electron chi connectivity index (χ3n) is 1.31.